The summed E-state index contributed by atoms with van der Waals surface area (Å²) in [7, 11) is 0. The van der Waals surface area contributed by atoms with Crippen LogP contribution >= 0.6 is 11.3 Å². The van der Waals surface area contributed by atoms with E-state index in [0.29, 0.717) is 6.42 Å². The predicted octanol–water partition coefficient (Wildman–Crippen LogP) is 1.97. The molecule has 1 aromatic rings. The van der Waals surface area contributed by atoms with Crippen molar-refractivity contribution in [3.63, 3.8) is 0 Å². The highest BCUT2D eigenvalue weighted by atomic mass is 32.1. The maximum absolute atomic E-state index is 10.8. The van der Waals surface area contributed by atoms with Gasteiger partial charge in [0.25, 0.3) is 0 Å². The van der Waals surface area contributed by atoms with Crippen molar-refractivity contribution in [1.82, 2.24) is 10.3 Å². The molecule has 2 unspecified atom stereocenters. The van der Waals surface area contributed by atoms with Crippen LogP contribution in [0.1, 0.15) is 36.2 Å². The summed E-state index contributed by atoms with van der Waals surface area (Å²) in [5.41, 5.74) is 0. The van der Waals surface area contributed by atoms with E-state index in [9.17, 15) is 4.79 Å². The molecule has 0 aromatic carbocycles. The standard InChI is InChI=1S/C10H16N2O2S/c1-4-8(10(13)14)12-7(3)9-11-5-6(2)15-9/h5,7-8,12H,4H2,1-3H3,(H,13,14). The molecule has 0 fully saturated rings. The van der Waals surface area contributed by atoms with Crippen molar-refractivity contribution in [2.24, 2.45) is 0 Å². The minimum absolute atomic E-state index is 0.00949. The van der Waals surface area contributed by atoms with E-state index in [1.807, 2.05) is 20.8 Å². The molecule has 2 atom stereocenters. The van der Waals surface area contributed by atoms with Gasteiger partial charge in [0, 0.05) is 11.1 Å². The van der Waals surface area contributed by atoms with Crippen molar-refractivity contribution < 1.29 is 9.90 Å². The van der Waals surface area contributed by atoms with Crippen molar-refractivity contribution in [3.05, 3.63) is 16.1 Å². The molecular formula is C10H16N2O2S. The van der Waals surface area contributed by atoms with Crippen LogP contribution in [0.25, 0.3) is 0 Å². The van der Waals surface area contributed by atoms with Gasteiger partial charge in [-0.25, -0.2) is 4.98 Å². The minimum atomic E-state index is -0.808. The SMILES string of the molecule is CCC(NC(C)c1ncc(C)s1)C(=O)O. The first-order valence-electron chi connectivity index (χ1n) is 4.95. The van der Waals surface area contributed by atoms with Gasteiger partial charge in [-0.2, -0.15) is 0 Å². The number of aryl methyl sites for hydroxylation is 1. The molecule has 0 spiro atoms. The molecule has 2 N–H and O–H groups in total. The summed E-state index contributed by atoms with van der Waals surface area (Å²) < 4.78 is 0. The lowest BCUT2D eigenvalue weighted by Gasteiger charge is -2.16. The van der Waals surface area contributed by atoms with Gasteiger partial charge in [-0.1, -0.05) is 6.92 Å². The number of thiazole rings is 1. The molecule has 4 nitrogen and oxygen atoms in total. The van der Waals surface area contributed by atoms with Gasteiger partial charge in [0.1, 0.15) is 11.0 Å². The van der Waals surface area contributed by atoms with Gasteiger partial charge >= 0.3 is 5.97 Å². The lowest BCUT2D eigenvalue weighted by atomic mass is 10.2. The Hall–Kier alpha value is -0.940. The third-order valence-corrected chi connectivity index (χ3v) is 3.26. The van der Waals surface area contributed by atoms with Crippen molar-refractivity contribution in [1.29, 1.82) is 0 Å². The van der Waals surface area contributed by atoms with Crippen LogP contribution in [0.2, 0.25) is 0 Å². The fraction of sp³-hybridized carbons (Fsp3) is 0.600. The van der Waals surface area contributed by atoms with Gasteiger partial charge in [-0.3, -0.25) is 10.1 Å². The molecule has 1 rings (SSSR count). The van der Waals surface area contributed by atoms with Crippen LogP contribution in [-0.4, -0.2) is 22.1 Å². The van der Waals surface area contributed by atoms with Crippen LogP contribution in [-0.2, 0) is 4.79 Å². The molecule has 0 radical (unpaired) electrons. The zero-order chi connectivity index (χ0) is 11.4. The number of aromatic nitrogens is 1. The van der Waals surface area contributed by atoms with E-state index in [1.165, 1.54) is 0 Å². The van der Waals surface area contributed by atoms with Crippen LogP contribution < -0.4 is 5.32 Å². The Bertz CT molecular complexity index is 338. The third kappa shape index (κ3) is 3.28. The average molecular weight is 228 g/mol. The zero-order valence-corrected chi connectivity index (χ0v) is 9.97. The number of hydrogen-bond donors (Lipinski definition) is 2. The average Bonchev–Trinajstić information content (AvgIpc) is 2.60. The molecule has 0 saturated heterocycles. The smallest absolute Gasteiger partial charge is 0.320 e. The maximum atomic E-state index is 10.8. The summed E-state index contributed by atoms with van der Waals surface area (Å²) in [4.78, 5) is 16.2. The third-order valence-electron chi connectivity index (χ3n) is 2.17. The fourth-order valence-corrected chi connectivity index (χ4v) is 2.09. The number of aliphatic carboxylic acids is 1. The van der Waals surface area contributed by atoms with E-state index in [-0.39, 0.29) is 6.04 Å². The Morgan fingerprint density at radius 3 is 2.80 bits per heavy atom. The normalized spacial score (nSPS) is 14.9. The number of nitrogens with zero attached hydrogens (tertiary/aromatic N) is 1. The second kappa shape index (κ2) is 5.23. The van der Waals surface area contributed by atoms with E-state index in [1.54, 1.807) is 17.5 Å². The number of hydrogen-bond acceptors (Lipinski definition) is 4. The van der Waals surface area contributed by atoms with Crippen molar-refractivity contribution in [2.45, 2.75) is 39.3 Å². The van der Waals surface area contributed by atoms with Gasteiger partial charge in [-0.05, 0) is 20.3 Å². The number of carboxylic acids is 1. The molecule has 0 bridgehead atoms. The first kappa shape index (κ1) is 12.1. The quantitative estimate of drug-likeness (QED) is 0.808. The summed E-state index contributed by atoms with van der Waals surface area (Å²) >= 11 is 1.59. The lowest BCUT2D eigenvalue weighted by molar-refractivity contribution is -0.139. The molecule has 15 heavy (non-hydrogen) atoms. The number of carboxylic acid groups (broad SMARTS) is 1. The molecule has 5 heteroatoms. The Balaban J connectivity index is 2.62. The molecule has 1 aromatic heterocycles. The van der Waals surface area contributed by atoms with E-state index < -0.39 is 12.0 Å². The summed E-state index contributed by atoms with van der Waals surface area (Å²) in [5, 5.41) is 12.9. The van der Waals surface area contributed by atoms with Crippen LogP contribution in [0.4, 0.5) is 0 Å². The number of rotatable bonds is 5. The largest absolute Gasteiger partial charge is 0.480 e. The molecule has 0 aliphatic rings. The van der Waals surface area contributed by atoms with Gasteiger partial charge in [0.15, 0.2) is 0 Å². The molecular weight excluding hydrogens is 212 g/mol. The second-order valence-corrected chi connectivity index (χ2v) is 4.76. The summed E-state index contributed by atoms with van der Waals surface area (Å²) in [6.45, 7) is 5.78. The summed E-state index contributed by atoms with van der Waals surface area (Å²) in [6, 6.07) is -0.506. The van der Waals surface area contributed by atoms with Crippen LogP contribution in [0, 0.1) is 6.92 Å². The van der Waals surface area contributed by atoms with E-state index >= 15 is 0 Å². The highest BCUT2D eigenvalue weighted by Crippen LogP contribution is 2.19. The Kier molecular flexibility index (Phi) is 4.23. The van der Waals surface area contributed by atoms with Crippen molar-refractivity contribution in [3.8, 4) is 0 Å². The molecule has 0 aliphatic carbocycles. The Labute approximate surface area is 93.4 Å². The lowest BCUT2D eigenvalue weighted by Crippen LogP contribution is -2.37. The molecule has 0 aliphatic heterocycles. The molecule has 1 heterocycles. The highest BCUT2D eigenvalue weighted by molar-refractivity contribution is 7.11. The van der Waals surface area contributed by atoms with Gasteiger partial charge < -0.3 is 5.11 Å². The Morgan fingerprint density at radius 2 is 2.40 bits per heavy atom. The predicted molar refractivity (Wildman–Crippen MR) is 60.1 cm³/mol. The Morgan fingerprint density at radius 1 is 1.73 bits per heavy atom. The van der Waals surface area contributed by atoms with E-state index in [4.69, 9.17) is 5.11 Å². The topological polar surface area (TPSA) is 62.2 Å². The summed E-state index contributed by atoms with van der Waals surface area (Å²) in [6.07, 6.45) is 2.38. The van der Waals surface area contributed by atoms with Crippen LogP contribution in [0.3, 0.4) is 0 Å². The van der Waals surface area contributed by atoms with Gasteiger partial charge in [-0.15, -0.1) is 11.3 Å². The summed E-state index contributed by atoms with van der Waals surface area (Å²) in [5.74, 6) is -0.808. The number of carbonyl (C=O) groups is 1. The van der Waals surface area contributed by atoms with Crippen molar-refractivity contribution in [2.75, 3.05) is 0 Å². The molecule has 0 amide bonds. The fourth-order valence-electron chi connectivity index (χ4n) is 1.31. The zero-order valence-electron chi connectivity index (χ0n) is 9.15. The monoisotopic (exact) mass is 228 g/mol. The van der Waals surface area contributed by atoms with Gasteiger partial charge in [0.2, 0.25) is 0 Å². The highest BCUT2D eigenvalue weighted by Gasteiger charge is 2.19. The van der Waals surface area contributed by atoms with Crippen LogP contribution in [0.5, 0.6) is 0 Å². The van der Waals surface area contributed by atoms with E-state index in [0.717, 1.165) is 9.88 Å². The second-order valence-electron chi connectivity index (χ2n) is 3.50. The molecule has 0 saturated carbocycles. The molecule has 84 valence electrons. The minimum Gasteiger partial charge on any atom is -0.480 e. The maximum Gasteiger partial charge on any atom is 0.320 e. The number of nitrogens with one attached hydrogen (secondary N) is 1. The van der Waals surface area contributed by atoms with Gasteiger partial charge in [0.05, 0.1) is 6.04 Å². The van der Waals surface area contributed by atoms with Crippen LogP contribution in [0.15, 0.2) is 6.20 Å². The first-order valence-corrected chi connectivity index (χ1v) is 5.77. The van der Waals surface area contributed by atoms with E-state index in [2.05, 4.69) is 10.3 Å². The van der Waals surface area contributed by atoms with Crippen molar-refractivity contribution >= 4 is 17.3 Å². The first-order chi connectivity index (χ1) is 7.04.